The van der Waals surface area contributed by atoms with Gasteiger partial charge in [0.25, 0.3) is 0 Å². The third-order valence-electron chi connectivity index (χ3n) is 2.89. The van der Waals surface area contributed by atoms with Crippen molar-refractivity contribution in [1.29, 1.82) is 0 Å². The molecule has 0 fully saturated rings. The zero-order valence-corrected chi connectivity index (χ0v) is 11.3. The molecular weight excluding hydrogens is 274 g/mol. The quantitative estimate of drug-likeness (QED) is 0.463. The van der Waals surface area contributed by atoms with Gasteiger partial charge in [-0.3, -0.25) is 14.9 Å². The van der Waals surface area contributed by atoms with Gasteiger partial charge in [-0.05, 0) is 23.8 Å². The lowest BCUT2D eigenvalue weighted by molar-refractivity contribution is -0.386. The minimum atomic E-state index is -0.573. The molecular formula is C15H13NO5. The van der Waals surface area contributed by atoms with Gasteiger partial charge in [0.1, 0.15) is 12.4 Å². The Morgan fingerprint density at radius 2 is 1.90 bits per heavy atom. The number of carbonyl (C=O) groups is 1. The largest absolute Gasteiger partial charge is 0.497 e. The molecule has 0 N–H and O–H groups in total. The molecule has 0 aromatic heterocycles. The van der Waals surface area contributed by atoms with Crippen molar-refractivity contribution in [3.05, 3.63) is 63.7 Å². The third kappa shape index (κ3) is 3.36. The van der Waals surface area contributed by atoms with E-state index in [1.165, 1.54) is 18.2 Å². The molecule has 6 heteroatoms. The van der Waals surface area contributed by atoms with E-state index in [1.54, 1.807) is 31.4 Å². The van der Waals surface area contributed by atoms with E-state index < -0.39 is 4.92 Å². The van der Waals surface area contributed by atoms with Crippen LogP contribution in [0.4, 0.5) is 5.69 Å². The van der Waals surface area contributed by atoms with E-state index in [0.29, 0.717) is 12.0 Å². The van der Waals surface area contributed by atoms with Gasteiger partial charge in [0.15, 0.2) is 6.29 Å². The second-order valence-corrected chi connectivity index (χ2v) is 4.21. The highest BCUT2D eigenvalue weighted by Gasteiger charge is 2.18. The van der Waals surface area contributed by atoms with E-state index in [9.17, 15) is 14.9 Å². The van der Waals surface area contributed by atoms with Crippen molar-refractivity contribution >= 4 is 12.0 Å². The summed E-state index contributed by atoms with van der Waals surface area (Å²) in [5, 5.41) is 11.0. The highest BCUT2D eigenvalue weighted by molar-refractivity contribution is 5.82. The molecule has 2 rings (SSSR count). The predicted molar refractivity (Wildman–Crippen MR) is 75.8 cm³/mol. The van der Waals surface area contributed by atoms with Gasteiger partial charge in [0.05, 0.1) is 17.6 Å². The maximum Gasteiger partial charge on any atom is 0.311 e. The van der Waals surface area contributed by atoms with Crippen molar-refractivity contribution in [3.63, 3.8) is 0 Å². The summed E-state index contributed by atoms with van der Waals surface area (Å²) >= 11 is 0. The van der Waals surface area contributed by atoms with E-state index in [0.717, 1.165) is 5.56 Å². The lowest BCUT2D eigenvalue weighted by atomic mass is 10.2. The second-order valence-electron chi connectivity index (χ2n) is 4.21. The normalized spacial score (nSPS) is 9.95. The summed E-state index contributed by atoms with van der Waals surface area (Å²) in [6.07, 6.45) is 0.538. The molecule has 21 heavy (non-hydrogen) atoms. The molecule has 0 aliphatic rings. The van der Waals surface area contributed by atoms with Crippen LogP contribution < -0.4 is 9.47 Å². The first-order chi connectivity index (χ1) is 10.2. The van der Waals surface area contributed by atoms with Crippen LogP contribution in [-0.4, -0.2) is 18.3 Å². The second kappa shape index (κ2) is 6.51. The maximum atomic E-state index is 11.0. The van der Waals surface area contributed by atoms with E-state index in [4.69, 9.17) is 9.47 Å². The number of para-hydroxylation sites is 1. The molecule has 0 aliphatic carbocycles. The minimum absolute atomic E-state index is 0.0201. The maximum absolute atomic E-state index is 11.0. The molecule has 0 radical (unpaired) electrons. The number of hydrogen-bond acceptors (Lipinski definition) is 5. The van der Waals surface area contributed by atoms with Crippen molar-refractivity contribution < 1.29 is 19.2 Å². The molecule has 0 saturated carbocycles. The Labute approximate surface area is 121 Å². The van der Waals surface area contributed by atoms with Crippen LogP contribution in [0.15, 0.2) is 42.5 Å². The number of hydrogen-bond donors (Lipinski definition) is 0. The molecule has 0 aliphatic heterocycles. The van der Waals surface area contributed by atoms with Crippen LogP contribution in [0.2, 0.25) is 0 Å². The highest BCUT2D eigenvalue weighted by Crippen LogP contribution is 2.30. The Hall–Kier alpha value is -2.89. The molecule has 0 heterocycles. The van der Waals surface area contributed by atoms with Crippen molar-refractivity contribution in [3.8, 4) is 11.5 Å². The lowest BCUT2D eigenvalue weighted by Gasteiger charge is -2.09. The molecule has 108 valence electrons. The van der Waals surface area contributed by atoms with E-state index in [-0.39, 0.29) is 23.6 Å². The van der Waals surface area contributed by atoms with Crippen LogP contribution in [-0.2, 0) is 6.61 Å². The minimum Gasteiger partial charge on any atom is -0.497 e. The van der Waals surface area contributed by atoms with Gasteiger partial charge in [0, 0.05) is 6.07 Å². The fraction of sp³-hybridized carbons (Fsp3) is 0.133. The van der Waals surface area contributed by atoms with Crippen molar-refractivity contribution in [2.75, 3.05) is 7.11 Å². The topological polar surface area (TPSA) is 78.7 Å². The van der Waals surface area contributed by atoms with E-state index in [1.807, 2.05) is 0 Å². The van der Waals surface area contributed by atoms with Gasteiger partial charge in [-0.2, -0.15) is 0 Å². The third-order valence-corrected chi connectivity index (χ3v) is 2.89. The summed E-state index contributed by atoms with van der Waals surface area (Å²) in [7, 11) is 1.56. The molecule has 0 unspecified atom stereocenters. The number of aldehydes is 1. The number of benzene rings is 2. The number of nitro groups is 1. The standard InChI is InChI=1S/C15H13NO5/c1-20-13-7-5-11(6-8-13)10-21-15-12(9-17)3-2-4-14(15)16(18)19/h2-9H,10H2,1H3. The number of methoxy groups -OCH3 is 1. The van der Waals surface area contributed by atoms with Crippen LogP contribution in [0.5, 0.6) is 11.5 Å². The Kier molecular flexibility index (Phi) is 4.50. The van der Waals surface area contributed by atoms with Crippen LogP contribution in [0.25, 0.3) is 0 Å². The summed E-state index contributed by atoms with van der Waals surface area (Å²) in [4.78, 5) is 21.4. The Bertz CT molecular complexity index is 652. The van der Waals surface area contributed by atoms with Gasteiger partial charge in [-0.25, -0.2) is 0 Å². The van der Waals surface area contributed by atoms with Crippen molar-refractivity contribution in [2.45, 2.75) is 6.61 Å². The van der Waals surface area contributed by atoms with Crippen LogP contribution >= 0.6 is 0 Å². The summed E-state index contributed by atoms with van der Waals surface area (Å²) in [6, 6.07) is 11.3. The molecule has 0 bridgehead atoms. The summed E-state index contributed by atoms with van der Waals surface area (Å²) in [5.74, 6) is 0.686. The average Bonchev–Trinajstić information content (AvgIpc) is 2.52. The smallest absolute Gasteiger partial charge is 0.311 e. The fourth-order valence-electron chi connectivity index (χ4n) is 1.81. The first kappa shape index (κ1) is 14.5. The molecule has 0 atom stereocenters. The first-order valence-electron chi connectivity index (χ1n) is 6.14. The fourth-order valence-corrected chi connectivity index (χ4v) is 1.81. The Morgan fingerprint density at radius 1 is 1.19 bits per heavy atom. The zero-order valence-electron chi connectivity index (χ0n) is 11.3. The number of nitro benzene ring substituents is 1. The van der Waals surface area contributed by atoms with Crippen LogP contribution in [0.3, 0.4) is 0 Å². The summed E-state index contributed by atoms with van der Waals surface area (Å²) in [6.45, 7) is 0.121. The monoisotopic (exact) mass is 287 g/mol. The van der Waals surface area contributed by atoms with Crippen molar-refractivity contribution in [1.82, 2.24) is 0 Å². The lowest BCUT2D eigenvalue weighted by Crippen LogP contribution is -2.02. The number of ether oxygens (including phenoxy) is 2. The van der Waals surface area contributed by atoms with Crippen LogP contribution in [0.1, 0.15) is 15.9 Å². The van der Waals surface area contributed by atoms with Gasteiger partial charge in [0.2, 0.25) is 5.75 Å². The number of nitrogens with zero attached hydrogens (tertiary/aromatic N) is 1. The molecule has 0 saturated heterocycles. The average molecular weight is 287 g/mol. The molecule has 2 aromatic carbocycles. The Balaban J connectivity index is 2.22. The van der Waals surface area contributed by atoms with Gasteiger partial charge in [-0.1, -0.05) is 18.2 Å². The predicted octanol–water partition coefficient (Wildman–Crippen LogP) is 2.99. The van der Waals surface area contributed by atoms with Gasteiger partial charge < -0.3 is 9.47 Å². The van der Waals surface area contributed by atoms with E-state index in [2.05, 4.69) is 0 Å². The van der Waals surface area contributed by atoms with Crippen molar-refractivity contribution in [2.24, 2.45) is 0 Å². The molecule has 2 aromatic rings. The zero-order chi connectivity index (χ0) is 15.2. The highest BCUT2D eigenvalue weighted by atomic mass is 16.6. The van der Waals surface area contributed by atoms with Gasteiger partial charge >= 0.3 is 5.69 Å². The molecule has 0 amide bonds. The van der Waals surface area contributed by atoms with Crippen LogP contribution in [0, 0.1) is 10.1 Å². The summed E-state index contributed by atoms with van der Waals surface area (Å²) < 4.78 is 10.5. The van der Waals surface area contributed by atoms with E-state index >= 15 is 0 Å². The Morgan fingerprint density at radius 3 is 2.48 bits per heavy atom. The summed E-state index contributed by atoms with van der Waals surface area (Å²) in [5.41, 5.74) is 0.733. The molecule has 0 spiro atoms. The first-order valence-corrected chi connectivity index (χ1v) is 6.14. The SMILES string of the molecule is COc1ccc(COc2c(C=O)cccc2[N+](=O)[O-])cc1. The number of carbonyl (C=O) groups excluding carboxylic acids is 1. The van der Waals surface area contributed by atoms with Gasteiger partial charge in [-0.15, -0.1) is 0 Å². The molecule has 6 nitrogen and oxygen atoms in total. The number of rotatable bonds is 6.